The molecular formula is C20H20F5N3O3. The average Bonchev–Trinajstić information content (AvgIpc) is 2.64. The first-order valence-corrected chi connectivity index (χ1v) is 9.09. The Labute approximate surface area is 174 Å². The molecule has 2 heterocycles. The number of Topliss-reactive ketones (excluding diaryl/α,β-unsaturated/α-hetero) is 1. The molecule has 0 fully saturated rings. The first-order valence-electron chi connectivity index (χ1n) is 9.09. The summed E-state index contributed by atoms with van der Waals surface area (Å²) in [6.07, 6.45) is -4.57. The Hall–Kier alpha value is -3.11. The molecule has 1 amide bonds. The minimum atomic E-state index is -5.74. The number of ether oxygens (including phenoxy) is 1. The number of rotatable bonds is 8. The Morgan fingerprint density at radius 3 is 2.39 bits per heavy atom. The topological polar surface area (TPSA) is 81.2 Å². The third-order valence-corrected chi connectivity index (χ3v) is 4.12. The summed E-state index contributed by atoms with van der Waals surface area (Å²) in [5, 5.41) is 2.71. The summed E-state index contributed by atoms with van der Waals surface area (Å²) < 4.78 is 66.6. The van der Waals surface area contributed by atoms with Gasteiger partial charge in [0.1, 0.15) is 5.78 Å². The average molecular weight is 445 g/mol. The van der Waals surface area contributed by atoms with E-state index in [0.717, 1.165) is 17.8 Å². The summed E-state index contributed by atoms with van der Waals surface area (Å²) in [7, 11) is 0. The second-order valence-electron chi connectivity index (χ2n) is 6.98. The molecule has 0 bridgehead atoms. The van der Waals surface area contributed by atoms with E-state index in [-0.39, 0.29) is 17.8 Å². The third-order valence-electron chi connectivity index (χ3n) is 4.12. The van der Waals surface area contributed by atoms with Crippen molar-refractivity contribution in [2.24, 2.45) is 0 Å². The van der Waals surface area contributed by atoms with Gasteiger partial charge in [-0.2, -0.15) is 22.0 Å². The van der Waals surface area contributed by atoms with Crippen LogP contribution in [0.4, 0.5) is 22.0 Å². The zero-order valence-electron chi connectivity index (χ0n) is 16.9. The van der Waals surface area contributed by atoms with Crippen LogP contribution in [0.1, 0.15) is 47.2 Å². The number of alkyl halides is 5. The highest BCUT2D eigenvalue weighted by atomic mass is 19.4. The summed E-state index contributed by atoms with van der Waals surface area (Å²) >= 11 is 0. The predicted molar refractivity (Wildman–Crippen MR) is 100.0 cm³/mol. The summed E-state index contributed by atoms with van der Waals surface area (Å²) in [4.78, 5) is 31.6. The summed E-state index contributed by atoms with van der Waals surface area (Å²) in [5.74, 6) is -6.10. The van der Waals surface area contributed by atoms with E-state index in [1.807, 2.05) is 0 Å². The van der Waals surface area contributed by atoms with Gasteiger partial charge in [0.15, 0.2) is 6.61 Å². The highest BCUT2D eigenvalue weighted by Crippen LogP contribution is 2.35. The molecule has 168 valence electrons. The number of ketones is 1. The van der Waals surface area contributed by atoms with E-state index in [2.05, 4.69) is 20.0 Å². The first kappa shape index (κ1) is 24.2. The Bertz CT molecular complexity index is 946. The van der Waals surface area contributed by atoms with Gasteiger partial charge in [0.05, 0.1) is 11.6 Å². The molecule has 2 rings (SSSR count). The molecule has 0 saturated carbocycles. The number of aromatic nitrogens is 2. The lowest BCUT2D eigenvalue weighted by Crippen LogP contribution is -2.41. The summed E-state index contributed by atoms with van der Waals surface area (Å²) in [5.41, 5.74) is 2.02. The number of nitrogens with one attached hydrogen (secondary N) is 1. The number of halogens is 5. The lowest BCUT2D eigenvalue weighted by Gasteiger charge is -2.19. The van der Waals surface area contributed by atoms with Crippen molar-refractivity contribution in [1.29, 1.82) is 0 Å². The quantitative estimate of drug-likeness (QED) is 0.622. The summed E-state index contributed by atoms with van der Waals surface area (Å²) in [6.45, 7) is 3.00. The molecule has 6 nitrogen and oxygen atoms in total. The van der Waals surface area contributed by atoms with E-state index in [1.165, 1.54) is 13.0 Å². The minimum Gasteiger partial charge on any atom is -0.471 e. The number of nitrogens with zero attached hydrogens (tertiary/aromatic N) is 2. The van der Waals surface area contributed by atoms with Crippen LogP contribution in [-0.4, -0.2) is 40.4 Å². The molecule has 2 aromatic heterocycles. The van der Waals surface area contributed by atoms with Crippen LogP contribution in [-0.2, 0) is 11.2 Å². The van der Waals surface area contributed by atoms with Gasteiger partial charge in [-0.3, -0.25) is 14.6 Å². The van der Waals surface area contributed by atoms with Crippen LogP contribution in [0.5, 0.6) is 5.88 Å². The maximum atomic E-state index is 12.9. The van der Waals surface area contributed by atoms with Gasteiger partial charge in [0.25, 0.3) is 5.91 Å². The number of amides is 1. The minimum absolute atomic E-state index is 0.0523. The van der Waals surface area contributed by atoms with Crippen molar-refractivity contribution in [2.45, 2.75) is 45.3 Å². The number of carbonyl (C=O) groups excluding carboxylic acids is 2. The fraction of sp³-hybridized carbons (Fsp3) is 0.400. The number of hydrogen-bond donors (Lipinski definition) is 1. The predicted octanol–water partition coefficient (Wildman–Crippen LogP) is 3.98. The lowest BCUT2D eigenvalue weighted by molar-refractivity contribution is -0.290. The normalized spacial score (nSPS) is 12.9. The molecule has 0 radical (unpaired) electrons. The van der Waals surface area contributed by atoms with Crippen molar-refractivity contribution < 1.29 is 36.3 Å². The molecule has 0 spiro atoms. The molecule has 0 aliphatic heterocycles. The van der Waals surface area contributed by atoms with Crippen molar-refractivity contribution in [1.82, 2.24) is 15.3 Å². The number of carbonyl (C=O) groups is 2. The molecular weight excluding hydrogens is 425 g/mol. The van der Waals surface area contributed by atoms with Crippen LogP contribution in [0.2, 0.25) is 0 Å². The van der Waals surface area contributed by atoms with E-state index >= 15 is 0 Å². The van der Waals surface area contributed by atoms with Gasteiger partial charge >= 0.3 is 12.1 Å². The second kappa shape index (κ2) is 9.36. The van der Waals surface area contributed by atoms with Gasteiger partial charge in [-0.25, -0.2) is 4.98 Å². The fourth-order valence-corrected chi connectivity index (χ4v) is 2.57. The molecule has 11 heteroatoms. The van der Waals surface area contributed by atoms with Crippen LogP contribution in [0, 0.1) is 6.92 Å². The van der Waals surface area contributed by atoms with E-state index in [9.17, 15) is 31.5 Å². The van der Waals surface area contributed by atoms with Gasteiger partial charge in [0, 0.05) is 30.1 Å². The van der Waals surface area contributed by atoms with Gasteiger partial charge in [0.2, 0.25) is 5.88 Å². The van der Waals surface area contributed by atoms with Gasteiger partial charge in [-0.15, -0.1) is 0 Å². The fourth-order valence-electron chi connectivity index (χ4n) is 2.57. The smallest absolute Gasteiger partial charge is 0.456 e. The van der Waals surface area contributed by atoms with Crippen molar-refractivity contribution >= 4 is 11.7 Å². The van der Waals surface area contributed by atoms with E-state index in [4.69, 9.17) is 0 Å². The van der Waals surface area contributed by atoms with Crippen LogP contribution in [0.25, 0.3) is 0 Å². The highest BCUT2D eigenvalue weighted by Gasteiger charge is 2.58. The zero-order chi connectivity index (χ0) is 23.4. The molecule has 1 unspecified atom stereocenters. The number of aryl methyl sites for hydroxylation is 1. The second-order valence-corrected chi connectivity index (χ2v) is 6.98. The number of hydrogen-bond acceptors (Lipinski definition) is 5. The molecule has 0 aliphatic rings. The maximum absolute atomic E-state index is 12.9. The molecule has 0 aliphatic carbocycles. The Balaban J connectivity index is 2.03. The molecule has 31 heavy (non-hydrogen) atoms. The van der Waals surface area contributed by atoms with E-state index < -0.39 is 36.5 Å². The van der Waals surface area contributed by atoms with Crippen molar-refractivity contribution in [2.75, 3.05) is 6.61 Å². The number of pyridine rings is 2. The van der Waals surface area contributed by atoms with Crippen molar-refractivity contribution in [3.63, 3.8) is 0 Å². The SMILES string of the molecule is CC(=O)Cc1cc(C(C)NC(=O)c2ccc(OCC(F)(F)C(F)(F)F)nc2)cc(C)n1. The Morgan fingerprint density at radius 2 is 1.84 bits per heavy atom. The molecule has 1 N–H and O–H groups in total. The van der Waals surface area contributed by atoms with E-state index in [0.29, 0.717) is 11.4 Å². The maximum Gasteiger partial charge on any atom is 0.456 e. The van der Waals surface area contributed by atoms with Gasteiger partial charge in [-0.05, 0) is 44.5 Å². The largest absolute Gasteiger partial charge is 0.471 e. The zero-order valence-corrected chi connectivity index (χ0v) is 16.9. The highest BCUT2D eigenvalue weighted by molar-refractivity contribution is 5.94. The monoisotopic (exact) mass is 445 g/mol. The standard InChI is InChI=1S/C20H20F5N3O3/c1-11-6-15(8-16(27-11)7-12(2)29)13(3)28-18(30)14-4-5-17(26-9-14)31-10-19(21,22)20(23,24)25/h4-6,8-9,13H,7,10H2,1-3H3,(H,28,30). The third kappa shape index (κ3) is 6.69. The van der Waals surface area contributed by atoms with Crippen molar-refractivity contribution in [3.05, 3.63) is 53.0 Å². The van der Waals surface area contributed by atoms with Gasteiger partial charge in [-0.1, -0.05) is 0 Å². The van der Waals surface area contributed by atoms with Crippen LogP contribution >= 0.6 is 0 Å². The van der Waals surface area contributed by atoms with E-state index in [1.54, 1.807) is 26.0 Å². The Morgan fingerprint density at radius 1 is 1.16 bits per heavy atom. The Kier molecular flexibility index (Phi) is 7.29. The molecule has 2 aromatic rings. The lowest BCUT2D eigenvalue weighted by atomic mass is 10.1. The van der Waals surface area contributed by atoms with Crippen molar-refractivity contribution in [3.8, 4) is 5.88 Å². The molecule has 0 aromatic carbocycles. The molecule has 0 saturated heterocycles. The van der Waals surface area contributed by atoms with Crippen LogP contribution < -0.4 is 10.1 Å². The summed E-state index contributed by atoms with van der Waals surface area (Å²) in [6, 6.07) is 5.21. The van der Waals surface area contributed by atoms with Crippen LogP contribution in [0.15, 0.2) is 30.5 Å². The van der Waals surface area contributed by atoms with Crippen LogP contribution in [0.3, 0.4) is 0 Å². The first-order chi connectivity index (χ1) is 14.3. The van der Waals surface area contributed by atoms with Gasteiger partial charge < -0.3 is 10.1 Å². The molecule has 1 atom stereocenters.